The van der Waals surface area contributed by atoms with Crippen molar-refractivity contribution in [3.05, 3.63) is 29.8 Å². The third-order valence-corrected chi connectivity index (χ3v) is 2.39. The van der Waals surface area contributed by atoms with Crippen LogP contribution in [0.15, 0.2) is 29.2 Å². The van der Waals surface area contributed by atoms with Crippen molar-refractivity contribution in [1.29, 1.82) is 0 Å². The molecule has 0 aromatic heterocycles. The molecule has 0 radical (unpaired) electrons. The van der Waals surface area contributed by atoms with Crippen LogP contribution in [0.4, 0.5) is 0 Å². The summed E-state index contributed by atoms with van der Waals surface area (Å²) in [6, 6.07) is 7.92. The summed E-state index contributed by atoms with van der Waals surface area (Å²) in [5.41, 5.74) is 6.55. The molecular formula is C9H11NOS. The van der Waals surface area contributed by atoms with E-state index in [0.29, 0.717) is 12.3 Å². The molecule has 64 valence electrons. The van der Waals surface area contributed by atoms with Crippen LogP contribution in [0.1, 0.15) is 5.56 Å². The predicted octanol–water partition coefficient (Wildman–Crippen LogP) is 1.44. The summed E-state index contributed by atoms with van der Waals surface area (Å²) in [6.07, 6.45) is 0.904. The molecule has 0 aliphatic carbocycles. The molecular weight excluding hydrogens is 170 g/mol. The first kappa shape index (κ1) is 9.29. The van der Waals surface area contributed by atoms with Crippen molar-refractivity contribution in [1.82, 2.24) is 0 Å². The van der Waals surface area contributed by atoms with Gasteiger partial charge in [0.05, 0.1) is 5.75 Å². The molecule has 0 spiro atoms. The second kappa shape index (κ2) is 4.95. The number of hydrogen-bond acceptors (Lipinski definition) is 3. The predicted molar refractivity (Wildman–Crippen MR) is 51.1 cm³/mol. The van der Waals surface area contributed by atoms with E-state index in [1.54, 1.807) is 0 Å². The number of hydrogen-bond donors (Lipinski definition) is 1. The molecule has 2 N–H and O–H groups in total. The highest BCUT2D eigenvalue weighted by Gasteiger charge is 1.92. The van der Waals surface area contributed by atoms with Crippen LogP contribution in [0.5, 0.6) is 0 Å². The van der Waals surface area contributed by atoms with Crippen LogP contribution in [-0.4, -0.2) is 12.0 Å². The first-order valence-electron chi connectivity index (χ1n) is 3.72. The lowest BCUT2D eigenvalue weighted by atomic mass is 10.2. The van der Waals surface area contributed by atoms with Crippen molar-refractivity contribution in [3.63, 3.8) is 0 Å². The maximum absolute atomic E-state index is 10.1. The van der Waals surface area contributed by atoms with E-state index >= 15 is 0 Å². The SMILES string of the molecule is NCc1ccc(SCC=O)cc1. The van der Waals surface area contributed by atoms with Gasteiger partial charge in [0.2, 0.25) is 0 Å². The van der Waals surface area contributed by atoms with Gasteiger partial charge in [0.25, 0.3) is 0 Å². The smallest absolute Gasteiger partial charge is 0.130 e. The fraction of sp³-hybridized carbons (Fsp3) is 0.222. The Bertz CT molecular complexity index is 245. The summed E-state index contributed by atoms with van der Waals surface area (Å²) in [6.45, 7) is 0.568. The quantitative estimate of drug-likeness (QED) is 0.564. The van der Waals surface area contributed by atoms with E-state index in [-0.39, 0.29) is 0 Å². The van der Waals surface area contributed by atoms with Crippen molar-refractivity contribution in [3.8, 4) is 0 Å². The van der Waals surface area contributed by atoms with Gasteiger partial charge in [0.1, 0.15) is 6.29 Å². The van der Waals surface area contributed by atoms with E-state index in [1.165, 1.54) is 11.8 Å². The van der Waals surface area contributed by atoms with Crippen LogP contribution in [-0.2, 0) is 11.3 Å². The lowest BCUT2D eigenvalue weighted by Crippen LogP contribution is -1.94. The van der Waals surface area contributed by atoms with Crippen LogP contribution in [0.25, 0.3) is 0 Å². The summed E-state index contributed by atoms with van der Waals surface area (Å²) in [4.78, 5) is 11.2. The number of rotatable bonds is 4. The molecule has 0 bridgehead atoms. The van der Waals surface area contributed by atoms with Gasteiger partial charge in [-0.15, -0.1) is 11.8 Å². The summed E-state index contributed by atoms with van der Waals surface area (Å²) in [5.74, 6) is 0.516. The average molecular weight is 181 g/mol. The van der Waals surface area contributed by atoms with Gasteiger partial charge in [0, 0.05) is 11.4 Å². The zero-order valence-electron chi connectivity index (χ0n) is 6.69. The summed E-state index contributed by atoms with van der Waals surface area (Å²) < 4.78 is 0. The molecule has 3 heteroatoms. The van der Waals surface area contributed by atoms with Gasteiger partial charge in [-0.2, -0.15) is 0 Å². The van der Waals surface area contributed by atoms with Crippen molar-refractivity contribution < 1.29 is 4.79 Å². The highest BCUT2D eigenvalue weighted by Crippen LogP contribution is 2.16. The van der Waals surface area contributed by atoms with E-state index in [9.17, 15) is 4.79 Å². The molecule has 0 heterocycles. The topological polar surface area (TPSA) is 43.1 Å². The fourth-order valence-electron chi connectivity index (χ4n) is 0.852. The highest BCUT2D eigenvalue weighted by molar-refractivity contribution is 7.99. The van der Waals surface area contributed by atoms with E-state index in [4.69, 9.17) is 5.73 Å². The lowest BCUT2D eigenvalue weighted by Gasteiger charge is -1.98. The Balaban J connectivity index is 2.58. The Hall–Kier alpha value is -0.800. The van der Waals surface area contributed by atoms with Crippen LogP contribution in [0, 0.1) is 0 Å². The minimum atomic E-state index is 0.516. The molecule has 1 aromatic carbocycles. The number of nitrogens with two attached hydrogens (primary N) is 1. The second-order valence-electron chi connectivity index (χ2n) is 2.33. The molecule has 0 aliphatic heterocycles. The molecule has 0 saturated heterocycles. The van der Waals surface area contributed by atoms with Crippen LogP contribution in [0.3, 0.4) is 0 Å². The van der Waals surface area contributed by atoms with Crippen LogP contribution < -0.4 is 5.73 Å². The minimum Gasteiger partial charge on any atom is -0.326 e. The Morgan fingerprint density at radius 1 is 1.33 bits per heavy atom. The van der Waals surface area contributed by atoms with Gasteiger partial charge >= 0.3 is 0 Å². The maximum atomic E-state index is 10.1. The molecule has 12 heavy (non-hydrogen) atoms. The average Bonchev–Trinajstić information content (AvgIpc) is 2.15. The van der Waals surface area contributed by atoms with Gasteiger partial charge in [0.15, 0.2) is 0 Å². The monoisotopic (exact) mass is 181 g/mol. The molecule has 0 fully saturated rings. The molecule has 1 rings (SSSR count). The first-order valence-corrected chi connectivity index (χ1v) is 4.71. The zero-order valence-corrected chi connectivity index (χ0v) is 7.51. The first-order chi connectivity index (χ1) is 5.86. The molecule has 2 nitrogen and oxygen atoms in total. The van der Waals surface area contributed by atoms with Crippen molar-refractivity contribution in [2.75, 3.05) is 5.75 Å². The van der Waals surface area contributed by atoms with E-state index in [2.05, 4.69) is 0 Å². The summed E-state index contributed by atoms with van der Waals surface area (Å²) >= 11 is 1.53. The number of carbonyl (C=O) groups excluding carboxylic acids is 1. The van der Waals surface area contributed by atoms with Gasteiger partial charge < -0.3 is 10.5 Å². The Kier molecular flexibility index (Phi) is 3.84. The normalized spacial score (nSPS) is 9.75. The van der Waals surface area contributed by atoms with Crippen molar-refractivity contribution >= 4 is 18.0 Å². The molecule has 0 saturated carbocycles. The van der Waals surface area contributed by atoms with Crippen molar-refractivity contribution in [2.45, 2.75) is 11.4 Å². The third-order valence-electron chi connectivity index (χ3n) is 1.48. The summed E-state index contributed by atoms with van der Waals surface area (Å²) in [7, 11) is 0. The van der Waals surface area contributed by atoms with Crippen molar-refractivity contribution in [2.24, 2.45) is 5.73 Å². The van der Waals surface area contributed by atoms with Gasteiger partial charge in [-0.1, -0.05) is 12.1 Å². The number of benzene rings is 1. The Morgan fingerprint density at radius 3 is 2.50 bits per heavy atom. The van der Waals surface area contributed by atoms with Gasteiger partial charge in [-0.25, -0.2) is 0 Å². The molecule has 0 amide bonds. The fourth-order valence-corrected chi connectivity index (χ4v) is 1.44. The lowest BCUT2D eigenvalue weighted by molar-refractivity contribution is -0.105. The molecule has 0 aliphatic rings. The Labute approximate surface area is 76.2 Å². The standard InChI is InChI=1S/C9H11NOS/c10-7-8-1-3-9(4-2-8)12-6-5-11/h1-5H,6-7,10H2. The van der Waals surface area contributed by atoms with Gasteiger partial charge in [-0.05, 0) is 17.7 Å². The highest BCUT2D eigenvalue weighted by atomic mass is 32.2. The third kappa shape index (κ3) is 2.68. The van der Waals surface area contributed by atoms with E-state index < -0.39 is 0 Å². The number of aldehydes is 1. The molecule has 0 unspecified atom stereocenters. The molecule has 0 atom stereocenters. The minimum absolute atomic E-state index is 0.516. The zero-order chi connectivity index (χ0) is 8.81. The summed E-state index contributed by atoms with van der Waals surface area (Å²) in [5, 5.41) is 0. The number of carbonyl (C=O) groups is 1. The second-order valence-corrected chi connectivity index (χ2v) is 3.42. The van der Waals surface area contributed by atoms with Gasteiger partial charge in [-0.3, -0.25) is 0 Å². The van der Waals surface area contributed by atoms with Crippen LogP contribution >= 0.6 is 11.8 Å². The largest absolute Gasteiger partial charge is 0.326 e. The van der Waals surface area contributed by atoms with Crippen LogP contribution in [0.2, 0.25) is 0 Å². The Morgan fingerprint density at radius 2 is 2.00 bits per heavy atom. The number of thioether (sulfide) groups is 1. The van der Waals surface area contributed by atoms with E-state index in [1.807, 2.05) is 24.3 Å². The maximum Gasteiger partial charge on any atom is 0.130 e. The van der Waals surface area contributed by atoms with E-state index in [0.717, 1.165) is 16.7 Å². The molecule has 1 aromatic rings.